The summed E-state index contributed by atoms with van der Waals surface area (Å²) in [5.41, 5.74) is 19.8. The number of carboxylic acid groups (broad SMARTS) is 4. The van der Waals surface area contributed by atoms with Crippen LogP contribution in [0.4, 0.5) is 17.1 Å². The highest BCUT2D eigenvalue weighted by Crippen LogP contribution is 2.19. The molecule has 0 aliphatic carbocycles. The van der Waals surface area contributed by atoms with Gasteiger partial charge in [-0.3, -0.25) is 29.8 Å². The number of carbonyl (C=O) groups is 4. The number of non-ortho nitro benzene ring substituents is 2. The normalized spacial score (nSPS) is 18.3. The standard InChI is InChI=1S/C9H10N2O4.C9H7NO4.C9H9NO2.C9H11NO2.C6H12O6/c10-8(9(12)13)5-6-1-3-7(4-2-6)11(14)15;11-9(12)6-3-7-1-4-8(5-2-7)10(13)14;10-8-4-1-7(2-5-8)3-6-9(11)12;10-8(9(11)12)6-7-4-2-1-3-5-7;7-1-2-3(8)4(9)5(10)6(11)12-2/h1-4,8H,5,10H2,(H,12,13);1-6H,(H,11,12);1-6H,10H2,(H,11,12);1-5,8H,6,10H2,(H,11,12);2-11H,1H2/b;2*6-3+;;/t;;;;2-,3-,4+,5-,6?/m....1/s1. The van der Waals surface area contributed by atoms with Crippen LogP contribution in [-0.4, -0.2) is 129 Å². The van der Waals surface area contributed by atoms with Gasteiger partial charge in [-0.2, -0.15) is 0 Å². The Morgan fingerprint density at radius 3 is 1.35 bits per heavy atom. The number of aliphatic hydroxyl groups is 5. The summed E-state index contributed by atoms with van der Waals surface area (Å²) >= 11 is 0. The first-order valence-corrected chi connectivity index (χ1v) is 18.7. The van der Waals surface area contributed by atoms with Crippen molar-refractivity contribution in [2.75, 3.05) is 12.3 Å². The predicted molar refractivity (Wildman–Crippen MR) is 231 cm³/mol. The number of nitrogens with zero attached hydrogens (tertiary/aromatic N) is 2. The number of aliphatic carboxylic acids is 4. The molecule has 65 heavy (non-hydrogen) atoms. The van der Waals surface area contributed by atoms with E-state index in [0.717, 1.165) is 23.3 Å². The zero-order valence-electron chi connectivity index (χ0n) is 34.1. The van der Waals surface area contributed by atoms with Gasteiger partial charge in [0.15, 0.2) is 6.29 Å². The van der Waals surface area contributed by atoms with Crippen LogP contribution in [0, 0.1) is 20.2 Å². The number of aliphatic hydroxyl groups excluding tert-OH is 5. The van der Waals surface area contributed by atoms with E-state index in [1.165, 1.54) is 60.7 Å². The molecule has 0 bridgehead atoms. The van der Waals surface area contributed by atoms with Crippen molar-refractivity contribution in [1.82, 2.24) is 0 Å². The second-order valence-corrected chi connectivity index (χ2v) is 13.3. The molecule has 0 radical (unpaired) electrons. The molecule has 1 saturated heterocycles. The van der Waals surface area contributed by atoms with Crippen LogP contribution in [0.15, 0.2) is 115 Å². The molecule has 1 aliphatic rings. The van der Waals surface area contributed by atoms with E-state index in [0.29, 0.717) is 23.2 Å². The lowest BCUT2D eigenvalue weighted by Crippen LogP contribution is -2.58. The number of benzene rings is 4. The van der Waals surface area contributed by atoms with Crippen molar-refractivity contribution in [1.29, 1.82) is 0 Å². The number of nitro groups is 2. The number of ether oxygens (including phenoxy) is 1. The maximum atomic E-state index is 10.4. The van der Waals surface area contributed by atoms with Gasteiger partial charge in [0.05, 0.1) is 16.5 Å². The highest BCUT2D eigenvalue weighted by Gasteiger charge is 2.42. The number of nitro benzene ring substituents is 2. The number of carboxylic acids is 4. The minimum atomic E-state index is -1.57. The first-order chi connectivity index (χ1) is 30.5. The monoisotopic (exact) mass is 911 g/mol. The minimum absolute atomic E-state index is 0.0162. The Balaban J connectivity index is 0.000000407. The summed E-state index contributed by atoms with van der Waals surface area (Å²) in [6.45, 7) is -0.526. The summed E-state index contributed by atoms with van der Waals surface area (Å²) in [5.74, 6) is -4.05. The van der Waals surface area contributed by atoms with Crippen LogP contribution < -0.4 is 17.2 Å². The third kappa shape index (κ3) is 22.4. The van der Waals surface area contributed by atoms with E-state index in [-0.39, 0.29) is 17.8 Å². The Morgan fingerprint density at radius 2 is 0.985 bits per heavy atom. The molecule has 0 saturated carbocycles. The predicted octanol–water partition coefficient (Wildman–Crippen LogP) is 1.03. The van der Waals surface area contributed by atoms with Crippen molar-refractivity contribution in [3.05, 3.63) is 158 Å². The molecule has 4 aromatic rings. The lowest BCUT2D eigenvalue weighted by molar-refractivity contribution is -0.385. The topological polar surface area (TPSA) is 424 Å². The Bertz CT molecular complexity index is 2170. The van der Waals surface area contributed by atoms with Crippen LogP contribution in [0.2, 0.25) is 0 Å². The second kappa shape index (κ2) is 29.0. The SMILES string of the molecule is NC(Cc1ccc([N+](=O)[O-])cc1)C(=O)O.NC(Cc1ccccc1)C(=O)O.Nc1ccc(/C=C/C(=O)O)cc1.O=C(O)/C=C/c1ccc([N+](=O)[O-])cc1.OC[C@H]1OC(O)[C@H](O)[C@@H](O)[C@@H]1O. The first kappa shape index (κ1) is 55.5. The minimum Gasteiger partial charge on any atom is -0.480 e. The second-order valence-electron chi connectivity index (χ2n) is 13.3. The van der Waals surface area contributed by atoms with Crippen LogP contribution in [0.3, 0.4) is 0 Å². The number of nitrogen functional groups attached to an aromatic ring is 1. The maximum absolute atomic E-state index is 10.4. The molecule has 1 heterocycles. The van der Waals surface area contributed by atoms with Gasteiger partial charge in [0.2, 0.25) is 0 Å². The fourth-order valence-electron chi connectivity index (χ4n) is 4.78. The molecule has 0 spiro atoms. The van der Waals surface area contributed by atoms with Crippen LogP contribution in [0.5, 0.6) is 0 Å². The largest absolute Gasteiger partial charge is 0.480 e. The lowest BCUT2D eigenvalue weighted by atomic mass is 10.00. The molecule has 1 aliphatic heterocycles. The van der Waals surface area contributed by atoms with Crippen molar-refractivity contribution in [2.24, 2.45) is 11.5 Å². The van der Waals surface area contributed by atoms with Crippen LogP contribution in [0.1, 0.15) is 22.3 Å². The van der Waals surface area contributed by atoms with Gasteiger partial charge in [-0.1, -0.05) is 54.6 Å². The number of hydrogen-bond donors (Lipinski definition) is 12. The maximum Gasteiger partial charge on any atom is 0.328 e. The van der Waals surface area contributed by atoms with E-state index in [4.69, 9.17) is 63.2 Å². The number of nitrogens with two attached hydrogens (primary N) is 3. The van der Waals surface area contributed by atoms with E-state index in [1.54, 1.807) is 24.3 Å². The zero-order valence-corrected chi connectivity index (χ0v) is 34.1. The highest BCUT2D eigenvalue weighted by atomic mass is 16.6. The smallest absolute Gasteiger partial charge is 0.328 e. The van der Waals surface area contributed by atoms with Crippen LogP contribution in [-0.2, 0) is 36.8 Å². The fourth-order valence-corrected chi connectivity index (χ4v) is 4.78. The molecule has 1 fully saturated rings. The van der Waals surface area contributed by atoms with Gasteiger partial charge in [-0.25, -0.2) is 9.59 Å². The lowest BCUT2D eigenvalue weighted by Gasteiger charge is -2.37. The molecule has 23 nitrogen and oxygen atoms in total. The molecule has 3 unspecified atom stereocenters. The average Bonchev–Trinajstić information content (AvgIpc) is 3.27. The molecule has 0 amide bonds. The summed E-state index contributed by atoms with van der Waals surface area (Å²) in [6, 6.07) is 25.8. The fraction of sp³-hybridized carbons (Fsp3) is 0.238. The third-order valence-electron chi connectivity index (χ3n) is 8.28. The van der Waals surface area contributed by atoms with E-state index in [9.17, 15) is 39.4 Å². The number of anilines is 1. The Hall–Kier alpha value is -7.48. The Kier molecular flexibility index (Phi) is 24.8. The van der Waals surface area contributed by atoms with Gasteiger partial charge < -0.3 is 67.9 Å². The number of hydrogen-bond acceptors (Lipinski definition) is 17. The van der Waals surface area contributed by atoms with Crippen molar-refractivity contribution < 1.29 is 79.7 Å². The van der Waals surface area contributed by atoms with Crippen molar-refractivity contribution in [2.45, 2.75) is 55.6 Å². The van der Waals surface area contributed by atoms with Gasteiger partial charge >= 0.3 is 23.9 Å². The first-order valence-electron chi connectivity index (χ1n) is 18.7. The molecule has 0 aromatic heterocycles. The molecule has 23 heteroatoms. The van der Waals surface area contributed by atoms with E-state index in [1.807, 2.05) is 30.3 Å². The summed E-state index contributed by atoms with van der Waals surface area (Å²) in [6.07, 6.45) is -1.55. The molecule has 350 valence electrons. The van der Waals surface area contributed by atoms with Gasteiger partial charge in [-0.05, 0) is 71.5 Å². The van der Waals surface area contributed by atoms with E-state index < -0.39 is 83.1 Å². The molecule has 15 N–H and O–H groups in total. The number of rotatable bonds is 13. The van der Waals surface area contributed by atoms with Crippen LogP contribution >= 0.6 is 0 Å². The van der Waals surface area contributed by atoms with Gasteiger partial charge in [0.25, 0.3) is 11.4 Å². The summed E-state index contributed by atoms with van der Waals surface area (Å²) in [7, 11) is 0. The molecular weight excluding hydrogens is 862 g/mol. The van der Waals surface area contributed by atoms with Gasteiger partial charge in [-0.15, -0.1) is 0 Å². The summed E-state index contributed by atoms with van der Waals surface area (Å²) in [4.78, 5) is 60.7. The van der Waals surface area contributed by atoms with Gasteiger partial charge in [0.1, 0.15) is 36.5 Å². The highest BCUT2D eigenvalue weighted by molar-refractivity contribution is 5.85. The zero-order chi connectivity index (χ0) is 49.2. The molecule has 5 rings (SSSR count). The molecular formula is C42H49N5O18. The van der Waals surface area contributed by atoms with Crippen molar-refractivity contribution in [3.8, 4) is 0 Å². The van der Waals surface area contributed by atoms with Crippen molar-refractivity contribution >= 4 is 53.1 Å². The summed E-state index contributed by atoms with van der Waals surface area (Å²) in [5, 5.41) is 99.0. The Morgan fingerprint density at radius 1 is 0.600 bits per heavy atom. The van der Waals surface area contributed by atoms with Gasteiger partial charge in [0, 0.05) is 42.1 Å². The summed E-state index contributed by atoms with van der Waals surface area (Å²) < 4.78 is 4.58. The van der Waals surface area contributed by atoms with E-state index in [2.05, 4.69) is 4.74 Å². The van der Waals surface area contributed by atoms with Crippen molar-refractivity contribution in [3.63, 3.8) is 0 Å². The Labute approximate surface area is 369 Å². The molecule has 4 aromatic carbocycles. The molecule has 7 atom stereocenters. The quantitative estimate of drug-likeness (QED) is 0.0385. The third-order valence-corrected chi connectivity index (χ3v) is 8.28. The van der Waals surface area contributed by atoms with E-state index >= 15 is 0 Å². The van der Waals surface area contributed by atoms with Crippen LogP contribution in [0.25, 0.3) is 12.2 Å². The average molecular weight is 912 g/mol.